The number of fused-ring (bicyclic) bond motifs is 1. The number of aromatic nitrogens is 4. The number of imidazole rings is 1. The zero-order valence-corrected chi connectivity index (χ0v) is 12.6. The molecule has 0 atom stereocenters. The van der Waals surface area contributed by atoms with Crippen molar-refractivity contribution in [2.75, 3.05) is 5.32 Å². The normalized spacial score (nSPS) is 11.0. The summed E-state index contributed by atoms with van der Waals surface area (Å²) in [6.07, 6.45) is 2.88. The monoisotopic (exact) mass is 341 g/mol. The first-order valence-electron chi connectivity index (χ1n) is 7.28. The van der Waals surface area contributed by atoms with Crippen molar-refractivity contribution in [3.63, 3.8) is 0 Å². The molecule has 0 unspecified atom stereocenters. The van der Waals surface area contributed by atoms with Crippen LogP contribution in [0.2, 0.25) is 0 Å². The summed E-state index contributed by atoms with van der Waals surface area (Å²) in [7, 11) is 0. The largest absolute Gasteiger partial charge is 0.338 e. The predicted molar refractivity (Wildman–Crippen MR) is 86.7 cm³/mol. The van der Waals surface area contributed by atoms with E-state index in [2.05, 4.69) is 25.3 Å². The highest BCUT2D eigenvalue weighted by atomic mass is 19.2. The summed E-state index contributed by atoms with van der Waals surface area (Å²) >= 11 is 0. The first kappa shape index (κ1) is 15.1. The van der Waals surface area contributed by atoms with Crippen LogP contribution < -0.4 is 5.32 Å². The minimum Gasteiger partial charge on any atom is -0.338 e. The highest BCUT2D eigenvalue weighted by molar-refractivity contribution is 5.80. The second-order valence-electron chi connectivity index (χ2n) is 5.28. The second kappa shape index (κ2) is 5.90. The number of anilines is 2. The molecule has 2 aromatic carbocycles. The predicted octanol–water partition coefficient (Wildman–Crippen LogP) is 4.18. The summed E-state index contributed by atoms with van der Waals surface area (Å²) < 4.78 is 40.9. The van der Waals surface area contributed by atoms with Gasteiger partial charge in [-0.1, -0.05) is 0 Å². The van der Waals surface area contributed by atoms with E-state index in [0.29, 0.717) is 22.7 Å². The van der Waals surface area contributed by atoms with E-state index in [-0.39, 0.29) is 11.2 Å². The second-order valence-corrected chi connectivity index (χ2v) is 5.28. The summed E-state index contributed by atoms with van der Waals surface area (Å²) in [6.45, 7) is 0. The van der Waals surface area contributed by atoms with E-state index in [9.17, 15) is 13.2 Å². The van der Waals surface area contributed by atoms with Crippen LogP contribution in [0.1, 0.15) is 0 Å². The zero-order valence-electron chi connectivity index (χ0n) is 12.6. The Morgan fingerprint density at radius 1 is 0.920 bits per heavy atom. The Kier molecular flexibility index (Phi) is 3.57. The highest BCUT2D eigenvalue weighted by Gasteiger charge is 2.12. The summed E-state index contributed by atoms with van der Waals surface area (Å²) in [5, 5.41) is 2.84. The zero-order chi connectivity index (χ0) is 17.4. The van der Waals surface area contributed by atoms with Crippen molar-refractivity contribution >= 4 is 22.5 Å². The quantitative estimate of drug-likeness (QED) is 0.587. The van der Waals surface area contributed by atoms with Gasteiger partial charge in [-0.2, -0.15) is 0 Å². The number of benzene rings is 2. The minimum absolute atomic E-state index is 0.232. The summed E-state index contributed by atoms with van der Waals surface area (Å²) in [5.41, 5.74) is 1.27. The van der Waals surface area contributed by atoms with E-state index in [1.54, 1.807) is 12.1 Å². The molecule has 0 aliphatic rings. The lowest BCUT2D eigenvalue weighted by molar-refractivity contribution is 0.510. The smallest absolute Gasteiger partial charge is 0.161 e. The highest BCUT2D eigenvalue weighted by Crippen LogP contribution is 2.26. The van der Waals surface area contributed by atoms with Crippen LogP contribution in [0.25, 0.3) is 22.4 Å². The van der Waals surface area contributed by atoms with Gasteiger partial charge in [-0.05, 0) is 24.3 Å². The molecule has 5 nitrogen and oxygen atoms in total. The number of nitrogens with one attached hydrogen (secondary N) is 2. The molecule has 0 bridgehead atoms. The fourth-order valence-electron chi connectivity index (χ4n) is 2.41. The lowest BCUT2D eigenvalue weighted by atomic mass is 10.2. The Hall–Kier alpha value is -3.42. The third kappa shape index (κ3) is 2.89. The van der Waals surface area contributed by atoms with E-state index < -0.39 is 17.5 Å². The van der Waals surface area contributed by atoms with Gasteiger partial charge in [0.1, 0.15) is 23.8 Å². The van der Waals surface area contributed by atoms with E-state index in [4.69, 9.17) is 0 Å². The van der Waals surface area contributed by atoms with Crippen LogP contribution in [0, 0.1) is 17.5 Å². The Morgan fingerprint density at radius 2 is 1.76 bits per heavy atom. The Balaban J connectivity index is 1.68. The molecule has 0 amide bonds. The molecule has 0 aliphatic heterocycles. The number of rotatable bonds is 3. The fourth-order valence-corrected chi connectivity index (χ4v) is 2.41. The van der Waals surface area contributed by atoms with E-state index in [1.165, 1.54) is 24.7 Å². The van der Waals surface area contributed by atoms with Gasteiger partial charge in [-0.25, -0.2) is 28.1 Å². The van der Waals surface area contributed by atoms with Gasteiger partial charge >= 0.3 is 0 Å². The van der Waals surface area contributed by atoms with Crippen LogP contribution in [0.4, 0.5) is 24.7 Å². The number of halogens is 3. The van der Waals surface area contributed by atoms with Crippen molar-refractivity contribution in [2.24, 2.45) is 0 Å². The Labute approximate surface area is 139 Å². The van der Waals surface area contributed by atoms with Crippen LogP contribution >= 0.6 is 0 Å². The standard InChI is InChI=1S/C17H10F3N5/c18-10-6-14-15(7-11(10)19)25-17(24-14)9-1-2-13(12(20)5-9)23-16-3-4-21-8-22-16/h1-8H,(H,24,25)(H,21,22,23). The van der Waals surface area contributed by atoms with Gasteiger partial charge < -0.3 is 10.3 Å². The molecule has 0 saturated heterocycles. The number of H-pyrrole nitrogens is 1. The number of hydrogen-bond donors (Lipinski definition) is 2. The van der Waals surface area contributed by atoms with Gasteiger partial charge in [0.15, 0.2) is 11.6 Å². The summed E-state index contributed by atoms with van der Waals surface area (Å²) in [5.74, 6) is -1.71. The molecule has 4 rings (SSSR count). The summed E-state index contributed by atoms with van der Waals surface area (Å²) in [4.78, 5) is 14.8. The van der Waals surface area contributed by atoms with Crippen molar-refractivity contribution in [1.29, 1.82) is 0 Å². The third-order valence-corrected chi connectivity index (χ3v) is 3.61. The Morgan fingerprint density at radius 3 is 2.52 bits per heavy atom. The van der Waals surface area contributed by atoms with Gasteiger partial charge in [0.05, 0.1) is 16.7 Å². The van der Waals surface area contributed by atoms with Gasteiger partial charge in [-0.15, -0.1) is 0 Å². The molecule has 8 heteroatoms. The van der Waals surface area contributed by atoms with Gasteiger partial charge in [0, 0.05) is 23.9 Å². The van der Waals surface area contributed by atoms with Crippen LogP contribution in [0.3, 0.4) is 0 Å². The molecule has 25 heavy (non-hydrogen) atoms. The first-order chi connectivity index (χ1) is 12.1. The molecule has 124 valence electrons. The lowest BCUT2D eigenvalue weighted by Crippen LogP contribution is -1.96. The molecule has 4 aromatic rings. The summed E-state index contributed by atoms with van der Waals surface area (Å²) in [6, 6.07) is 8.05. The van der Waals surface area contributed by atoms with Gasteiger partial charge in [0.25, 0.3) is 0 Å². The SMILES string of the molecule is Fc1cc2nc(-c3ccc(Nc4ccncn4)c(F)c3)[nH]c2cc1F. The number of nitrogens with zero attached hydrogens (tertiary/aromatic N) is 3. The van der Waals surface area contributed by atoms with Crippen molar-refractivity contribution in [3.8, 4) is 11.4 Å². The lowest BCUT2D eigenvalue weighted by Gasteiger charge is -2.07. The van der Waals surface area contributed by atoms with Crippen molar-refractivity contribution in [2.45, 2.75) is 0 Å². The molecule has 2 heterocycles. The first-order valence-corrected chi connectivity index (χ1v) is 7.28. The van der Waals surface area contributed by atoms with Crippen molar-refractivity contribution in [1.82, 2.24) is 19.9 Å². The maximum Gasteiger partial charge on any atom is 0.161 e. The molecule has 0 aliphatic carbocycles. The van der Waals surface area contributed by atoms with Gasteiger partial charge in [-0.3, -0.25) is 0 Å². The average Bonchev–Trinajstić information content (AvgIpc) is 3.01. The van der Waals surface area contributed by atoms with Crippen LogP contribution in [0.5, 0.6) is 0 Å². The maximum absolute atomic E-state index is 14.3. The third-order valence-electron chi connectivity index (χ3n) is 3.61. The molecule has 2 N–H and O–H groups in total. The molecule has 0 fully saturated rings. The number of hydrogen-bond acceptors (Lipinski definition) is 4. The molecular formula is C17H10F3N5. The Bertz CT molecular complexity index is 1020. The number of aromatic amines is 1. The van der Waals surface area contributed by atoms with Gasteiger partial charge in [0.2, 0.25) is 0 Å². The van der Waals surface area contributed by atoms with Crippen LogP contribution in [0.15, 0.2) is 48.9 Å². The fraction of sp³-hybridized carbons (Fsp3) is 0. The van der Waals surface area contributed by atoms with Crippen LogP contribution in [-0.4, -0.2) is 19.9 Å². The molecule has 0 spiro atoms. The van der Waals surface area contributed by atoms with Crippen LogP contribution in [-0.2, 0) is 0 Å². The van der Waals surface area contributed by atoms with E-state index in [1.807, 2.05) is 0 Å². The molecule has 2 aromatic heterocycles. The van der Waals surface area contributed by atoms with E-state index >= 15 is 0 Å². The maximum atomic E-state index is 14.3. The van der Waals surface area contributed by atoms with Crippen molar-refractivity contribution in [3.05, 3.63) is 66.4 Å². The van der Waals surface area contributed by atoms with E-state index in [0.717, 1.165) is 12.1 Å². The average molecular weight is 341 g/mol. The molecule has 0 radical (unpaired) electrons. The minimum atomic E-state index is -0.985. The molecular weight excluding hydrogens is 331 g/mol. The van der Waals surface area contributed by atoms with Crippen molar-refractivity contribution < 1.29 is 13.2 Å². The molecule has 0 saturated carbocycles. The topological polar surface area (TPSA) is 66.5 Å².